The fraction of sp³-hybridized carbons (Fsp3) is 0.0385. The second-order valence-corrected chi connectivity index (χ2v) is 7.85. The van der Waals surface area contributed by atoms with Crippen LogP contribution in [0.5, 0.6) is 11.5 Å². The first-order valence-electron chi connectivity index (χ1n) is 10.9. The lowest BCUT2D eigenvalue weighted by molar-refractivity contribution is -0.122. The molecule has 0 bridgehead atoms. The number of phenolic OH excluding ortho intramolecular Hbond substituents is 2. The Morgan fingerprint density at radius 3 is 2.00 bits per heavy atom. The van der Waals surface area contributed by atoms with Gasteiger partial charge in [-0.2, -0.15) is 0 Å². The molecule has 0 saturated carbocycles. The van der Waals surface area contributed by atoms with Crippen molar-refractivity contribution in [3.8, 4) is 17.2 Å². The number of carbonyl (C=O) groups is 3. The van der Waals surface area contributed by atoms with Crippen LogP contribution in [0, 0.1) is 6.92 Å². The smallest absolute Gasteiger partial charge is 0.335 e. The van der Waals surface area contributed by atoms with E-state index in [-0.39, 0.29) is 28.3 Å². The standard InChI is InChI=1S/C26H20N4O7/c1-15-20(22(33)27-25(36)29(15)16-7-11-18(31)12-8-16)5-3-2-4-6-21-23(34)28-26(37)30(24(21)35)17-9-13-19(32)14-10-17/h2-14,31-32H,1H3,(H,27,33,36)(H,28,34,37)/b4-2+,5-3+,21-6+. The van der Waals surface area contributed by atoms with Crippen molar-refractivity contribution in [3.05, 3.63) is 111 Å². The zero-order valence-electron chi connectivity index (χ0n) is 19.3. The van der Waals surface area contributed by atoms with E-state index in [1.165, 1.54) is 83.5 Å². The monoisotopic (exact) mass is 500 g/mol. The first-order chi connectivity index (χ1) is 17.7. The number of H-pyrrole nitrogens is 1. The van der Waals surface area contributed by atoms with E-state index in [9.17, 15) is 34.2 Å². The number of nitrogens with zero attached hydrogens (tertiary/aromatic N) is 2. The highest BCUT2D eigenvalue weighted by atomic mass is 16.3. The largest absolute Gasteiger partial charge is 0.508 e. The molecule has 0 spiro atoms. The summed E-state index contributed by atoms with van der Waals surface area (Å²) in [5, 5.41) is 21.0. The number of barbiturate groups is 1. The molecule has 37 heavy (non-hydrogen) atoms. The van der Waals surface area contributed by atoms with Crippen LogP contribution in [0.3, 0.4) is 0 Å². The molecule has 11 nitrogen and oxygen atoms in total. The molecule has 1 saturated heterocycles. The van der Waals surface area contributed by atoms with E-state index >= 15 is 0 Å². The topological polar surface area (TPSA) is 162 Å². The summed E-state index contributed by atoms with van der Waals surface area (Å²) in [4.78, 5) is 65.0. The van der Waals surface area contributed by atoms with Gasteiger partial charge in [-0.15, -0.1) is 0 Å². The number of imide groups is 2. The molecule has 1 aliphatic rings. The third kappa shape index (κ3) is 5.00. The number of anilines is 1. The summed E-state index contributed by atoms with van der Waals surface area (Å²) in [7, 11) is 0. The molecule has 0 radical (unpaired) electrons. The lowest BCUT2D eigenvalue weighted by atomic mass is 10.1. The Kier molecular flexibility index (Phi) is 6.69. The van der Waals surface area contributed by atoms with Gasteiger partial charge in [0.1, 0.15) is 17.1 Å². The summed E-state index contributed by atoms with van der Waals surface area (Å²) >= 11 is 0. The van der Waals surface area contributed by atoms with Crippen LogP contribution in [0.25, 0.3) is 11.8 Å². The lowest BCUT2D eigenvalue weighted by Crippen LogP contribution is -2.54. The molecule has 2 aromatic carbocycles. The molecule has 2 heterocycles. The summed E-state index contributed by atoms with van der Waals surface area (Å²) in [6, 6.07) is 10.3. The predicted octanol–water partition coefficient (Wildman–Crippen LogP) is 2.02. The summed E-state index contributed by atoms with van der Waals surface area (Å²) in [6.07, 6.45) is 7.00. The average molecular weight is 500 g/mol. The molecule has 1 aliphatic heterocycles. The van der Waals surface area contributed by atoms with Crippen molar-refractivity contribution < 1.29 is 24.6 Å². The maximum Gasteiger partial charge on any atom is 0.335 e. The lowest BCUT2D eigenvalue weighted by Gasteiger charge is -2.26. The number of aromatic nitrogens is 2. The van der Waals surface area contributed by atoms with Crippen LogP contribution in [0.1, 0.15) is 11.3 Å². The highest BCUT2D eigenvalue weighted by Gasteiger charge is 2.36. The van der Waals surface area contributed by atoms with Crippen LogP contribution in [0.2, 0.25) is 0 Å². The molecule has 1 fully saturated rings. The van der Waals surface area contributed by atoms with Gasteiger partial charge in [0, 0.05) is 5.69 Å². The average Bonchev–Trinajstić information content (AvgIpc) is 2.84. The van der Waals surface area contributed by atoms with Gasteiger partial charge >= 0.3 is 11.7 Å². The second kappa shape index (κ2) is 10.0. The number of hydrogen-bond donors (Lipinski definition) is 4. The molecule has 4 amide bonds. The van der Waals surface area contributed by atoms with Crippen LogP contribution >= 0.6 is 0 Å². The normalized spacial score (nSPS) is 15.2. The van der Waals surface area contributed by atoms with E-state index in [0.29, 0.717) is 11.4 Å². The van der Waals surface area contributed by atoms with E-state index in [4.69, 9.17) is 0 Å². The summed E-state index contributed by atoms with van der Waals surface area (Å²) in [6.45, 7) is 1.59. The summed E-state index contributed by atoms with van der Waals surface area (Å²) in [5.41, 5.74) is -0.382. The number of nitrogens with one attached hydrogen (secondary N) is 2. The van der Waals surface area contributed by atoms with Gasteiger partial charge in [-0.3, -0.25) is 29.3 Å². The van der Waals surface area contributed by atoms with Crippen molar-refractivity contribution in [2.24, 2.45) is 0 Å². The summed E-state index contributed by atoms with van der Waals surface area (Å²) < 4.78 is 1.28. The fourth-order valence-electron chi connectivity index (χ4n) is 3.65. The number of carbonyl (C=O) groups excluding carboxylic acids is 3. The van der Waals surface area contributed by atoms with Gasteiger partial charge in [0.15, 0.2) is 0 Å². The maximum atomic E-state index is 12.8. The van der Waals surface area contributed by atoms with Crippen molar-refractivity contribution in [2.75, 3.05) is 4.90 Å². The van der Waals surface area contributed by atoms with Crippen LogP contribution in [0.4, 0.5) is 10.5 Å². The molecule has 4 N–H and O–H groups in total. The van der Waals surface area contributed by atoms with Gasteiger partial charge < -0.3 is 10.2 Å². The number of benzene rings is 2. The SMILES string of the molecule is Cc1c(/C=C/C=C/C=C2\C(=O)NC(=O)N(c3ccc(O)cc3)C2=O)c(=O)[nH]c(=O)n1-c1ccc(O)cc1. The highest BCUT2D eigenvalue weighted by Crippen LogP contribution is 2.23. The Labute approximate surface area is 208 Å². The van der Waals surface area contributed by atoms with Crippen LogP contribution in [0.15, 0.2) is 88.0 Å². The molecule has 0 atom stereocenters. The Morgan fingerprint density at radius 2 is 1.38 bits per heavy atom. The molecule has 3 aromatic rings. The van der Waals surface area contributed by atoms with E-state index in [1.807, 2.05) is 0 Å². The minimum absolute atomic E-state index is 0.0268. The van der Waals surface area contributed by atoms with Gasteiger partial charge in [0.25, 0.3) is 17.4 Å². The van der Waals surface area contributed by atoms with Crippen molar-refractivity contribution >= 4 is 29.6 Å². The first kappa shape index (κ1) is 24.7. The Balaban J connectivity index is 1.59. The van der Waals surface area contributed by atoms with Crippen molar-refractivity contribution in [1.29, 1.82) is 0 Å². The third-order valence-corrected chi connectivity index (χ3v) is 5.46. The van der Waals surface area contributed by atoms with E-state index in [2.05, 4.69) is 10.3 Å². The van der Waals surface area contributed by atoms with E-state index in [0.717, 1.165) is 4.90 Å². The minimum Gasteiger partial charge on any atom is -0.508 e. The molecule has 1 aromatic heterocycles. The molecular weight excluding hydrogens is 480 g/mol. The van der Waals surface area contributed by atoms with Crippen molar-refractivity contribution in [1.82, 2.24) is 14.9 Å². The van der Waals surface area contributed by atoms with Gasteiger partial charge in [0.05, 0.1) is 16.9 Å². The first-order valence-corrected chi connectivity index (χ1v) is 10.9. The van der Waals surface area contributed by atoms with Crippen LogP contribution in [-0.2, 0) is 9.59 Å². The molecule has 0 unspecified atom stereocenters. The third-order valence-electron chi connectivity index (χ3n) is 5.46. The quantitative estimate of drug-likeness (QED) is 0.237. The molecule has 0 aliphatic carbocycles. The second-order valence-electron chi connectivity index (χ2n) is 7.85. The van der Waals surface area contributed by atoms with Gasteiger partial charge in [-0.1, -0.05) is 18.2 Å². The molecule has 4 rings (SSSR count). The van der Waals surface area contributed by atoms with Crippen LogP contribution in [-0.4, -0.2) is 37.6 Å². The van der Waals surface area contributed by atoms with Gasteiger partial charge in [0.2, 0.25) is 0 Å². The Bertz CT molecular complexity index is 1610. The maximum absolute atomic E-state index is 12.8. The van der Waals surface area contributed by atoms with Crippen LogP contribution < -0.4 is 21.5 Å². The number of urea groups is 1. The van der Waals surface area contributed by atoms with E-state index in [1.54, 1.807) is 6.92 Å². The number of allylic oxidation sites excluding steroid dienone is 4. The number of rotatable bonds is 5. The molecular formula is C26H20N4O7. The zero-order valence-corrected chi connectivity index (χ0v) is 19.3. The molecule has 11 heteroatoms. The van der Waals surface area contributed by atoms with E-state index < -0.39 is 29.1 Å². The van der Waals surface area contributed by atoms with Crippen molar-refractivity contribution in [2.45, 2.75) is 6.92 Å². The number of aromatic amines is 1. The highest BCUT2D eigenvalue weighted by molar-refractivity contribution is 6.37. The molecule has 186 valence electrons. The number of amides is 4. The minimum atomic E-state index is -0.917. The Morgan fingerprint density at radius 1 is 0.784 bits per heavy atom. The Hall–Kier alpha value is -5.45. The van der Waals surface area contributed by atoms with Gasteiger partial charge in [-0.05, 0) is 67.6 Å². The number of phenols is 2. The predicted molar refractivity (Wildman–Crippen MR) is 134 cm³/mol. The number of aromatic hydroxyl groups is 2. The van der Waals surface area contributed by atoms with Gasteiger partial charge in [-0.25, -0.2) is 14.5 Å². The number of hydrogen-bond acceptors (Lipinski definition) is 7. The van der Waals surface area contributed by atoms with Crippen molar-refractivity contribution in [3.63, 3.8) is 0 Å². The fourth-order valence-corrected chi connectivity index (χ4v) is 3.65. The summed E-state index contributed by atoms with van der Waals surface area (Å²) in [5.74, 6) is -1.74. The zero-order chi connectivity index (χ0) is 26.7.